The maximum absolute atomic E-state index is 6.12. The third-order valence-corrected chi connectivity index (χ3v) is 3.86. The zero-order valence-electron chi connectivity index (χ0n) is 5.85. The Bertz CT molecular complexity index is 153. The van der Waals surface area contributed by atoms with Crippen molar-refractivity contribution in [3.05, 3.63) is 12.2 Å². The van der Waals surface area contributed by atoms with Crippen molar-refractivity contribution < 1.29 is 19.4 Å². The quantitative estimate of drug-likeness (QED) is 0.512. The topological polar surface area (TPSA) is 0 Å². The summed E-state index contributed by atoms with van der Waals surface area (Å²) in [7, 11) is 0. The molecule has 1 aliphatic carbocycles. The number of rotatable bonds is 1. The molecule has 0 aliphatic heterocycles. The van der Waals surface area contributed by atoms with Crippen molar-refractivity contribution in [3.8, 4) is 0 Å². The van der Waals surface area contributed by atoms with E-state index >= 15 is 0 Å². The standard InChI is InChI=1S/C8H11Cl.W/c1-6-4-3-5-7(2)8(6)9;/h1,6,8H,2-5H2;. The van der Waals surface area contributed by atoms with Crippen LogP contribution in [0.5, 0.6) is 0 Å². The van der Waals surface area contributed by atoms with E-state index in [9.17, 15) is 0 Å². The molecule has 0 aromatic heterocycles. The van der Waals surface area contributed by atoms with Crippen LogP contribution < -0.4 is 0 Å². The van der Waals surface area contributed by atoms with Gasteiger partial charge in [0.1, 0.15) is 0 Å². The summed E-state index contributed by atoms with van der Waals surface area (Å²) in [5.74, 6) is 0.609. The summed E-state index contributed by atoms with van der Waals surface area (Å²) in [5.41, 5.74) is 1.23. The van der Waals surface area contributed by atoms with Crippen LogP contribution in [0.15, 0.2) is 12.2 Å². The molecule has 0 N–H and O–H groups in total. The molecule has 1 saturated carbocycles. The summed E-state index contributed by atoms with van der Waals surface area (Å²) in [6.07, 6.45) is 3.67. The predicted octanol–water partition coefficient (Wildman–Crippen LogP) is 2.30. The summed E-state index contributed by atoms with van der Waals surface area (Å²) in [6, 6.07) is 0. The van der Waals surface area contributed by atoms with Gasteiger partial charge in [-0.05, 0) is 0 Å². The molecule has 0 radical (unpaired) electrons. The molecule has 56 valence electrons. The van der Waals surface area contributed by atoms with Gasteiger partial charge in [-0.1, -0.05) is 0 Å². The van der Waals surface area contributed by atoms with Crippen molar-refractivity contribution >= 4 is 16.0 Å². The summed E-state index contributed by atoms with van der Waals surface area (Å²) in [4.78, 5) is 0. The van der Waals surface area contributed by atoms with E-state index in [1.54, 1.807) is 0 Å². The normalized spacial score (nSPS) is 33.9. The van der Waals surface area contributed by atoms with Crippen molar-refractivity contribution in [2.24, 2.45) is 5.92 Å². The van der Waals surface area contributed by atoms with Gasteiger partial charge >= 0.3 is 78.1 Å². The molecule has 2 heteroatoms. The van der Waals surface area contributed by atoms with Crippen molar-refractivity contribution in [2.45, 2.75) is 24.6 Å². The van der Waals surface area contributed by atoms with E-state index in [0.29, 0.717) is 5.92 Å². The van der Waals surface area contributed by atoms with Crippen molar-refractivity contribution in [3.63, 3.8) is 0 Å². The minimum absolute atomic E-state index is 0.228. The van der Waals surface area contributed by atoms with E-state index in [-0.39, 0.29) is 5.38 Å². The molecular weight excluding hydrogens is 315 g/mol. The first-order valence-corrected chi connectivity index (χ1v) is 5.65. The van der Waals surface area contributed by atoms with Crippen LogP contribution in [0.4, 0.5) is 0 Å². The minimum atomic E-state index is 0.228. The van der Waals surface area contributed by atoms with Gasteiger partial charge in [0.2, 0.25) is 0 Å². The summed E-state index contributed by atoms with van der Waals surface area (Å²) < 4.78 is 2.28. The Morgan fingerprint density at radius 3 is 2.90 bits per heavy atom. The molecule has 2 unspecified atom stereocenters. The second-order valence-electron chi connectivity index (χ2n) is 2.75. The molecule has 0 aromatic rings. The third kappa shape index (κ3) is 1.80. The Balaban J connectivity index is 2.59. The van der Waals surface area contributed by atoms with Crippen LogP contribution in [0.1, 0.15) is 19.3 Å². The average Bonchev–Trinajstić information content (AvgIpc) is 1.95. The number of alkyl halides is 1. The average molecular weight is 326 g/mol. The van der Waals surface area contributed by atoms with E-state index in [4.69, 9.17) is 11.6 Å². The van der Waals surface area contributed by atoms with Gasteiger partial charge in [0.25, 0.3) is 0 Å². The molecule has 1 fully saturated rings. The zero-order valence-corrected chi connectivity index (χ0v) is 9.54. The fraction of sp³-hybridized carbons (Fsp3) is 0.625. The van der Waals surface area contributed by atoms with E-state index in [1.165, 1.54) is 37.8 Å². The number of allylic oxidation sites excluding steroid dienone is 1. The Morgan fingerprint density at radius 2 is 2.40 bits per heavy atom. The second-order valence-corrected chi connectivity index (χ2v) is 4.20. The molecule has 2 atom stereocenters. The summed E-state index contributed by atoms with van der Waals surface area (Å²) >= 11 is 7.64. The van der Waals surface area contributed by atoms with Gasteiger partial charge in [0, 0.05) is 0 Å². The van der Waals surface area contributed by atoms with E-state index in [1.807, 2.05) is 0 Å². The first-order valence-electron chi connectivity index (χ1n) is 3.52. The first kappa shape index (κ1) is 8.68. The Hall–Kier alpha value is 0.588. The van der Waals surface area contributed by atoms with Crippen molar-refractivity contribution in [2.75, 3.05) is 0 Å². The van der Waals surface area contributed by atoms with Crippen LogP contribution in [-0.4, -0.2) is 9.78 Å². The van der Waals surface area contributed by atoms with Gasteiger partial charge < -0.3 is 0 Å². The maximum atomic E-state index is 6.12. The van der Waals surface area contributed by atoms with Gasteiger partial charge in [-0.3, -0.25) is 0 Å². The van der Waals surface area contributed by atoms with Crippen LogP contribution in [0, 0.1) is 5.92 Å². The zero-order chi connectivity index (χ0) is 7.56. The molecule has 0 nitrogen and oxygen atoms in total. The predicted molar refractivity (Wildman–Crippen MR) is 42.2 cm³/mol. The monoisotopic (exact) mass is 326 g/mol. The van der Waals surface area contributed by atoms with Crippen LogP contribution in [0.3, 0.4) is 0 Å². The first-order chi connectivity index (χ1) is 4.75. The van der Waals surface area contributed by atoms with Crippen LogP contribution >= 0.6 is 11.6 Å². The van der Waals surface area contributed by atoms with Gasteiger partial charge in [0.15, 0.2) is 0 Å². The molecule has 0 spiro atoms. The van der Waals surface area contributed by atoms with Crippen molar-refractivity contribution in [1.29, 1.82) is 0 Å². The summed E-state index contributed by atoms with van der Waals surface area (Å²) in [6.45, 7) is 3.95. The summed E-state index contributed by atoms with van der Waals surface area (Å²) in [5, 5.41) is 0.228. The van der Waals surface area contributed by atoms with E-state index < -0.39 is 0 Å². The fourth-order valence-electron chi connectivity index (χ4n) is 1.29. The molecule has 1 aliphatic rings. The molecular formula is C8H11ClW. The molecule has 0 heterocycles. The number of hydrogen-bond acceptors (Lipinski definition) is 0. The molecule has 1 rings (SSSR count). The van der Waals surface area contributed by atoms with E-state index in [2.05, 4.69) is 11.0 Å². The van der Waals surface area contributed by atoms with Crippen LogP contribution in [-0.2, 0) is 19.4 Å². The van der Waals surface area contributed by atoms with Gasteiger partial charge in [-0.25, -0.2) is 0 Å². The molecule has 0 aromatic carbocycles. The van der Waals surface area contributed by atoms with Crippen LogP contribution in [0.25, 0.3) is 0 Å². The Kier molecular flexibility index (Phi) is 3.33. The van der Waals surface area contributed by atoms with E-state index in [0.717, 1.165) is 6.42 Å². The second kappa shape index (κ2) is 3.83. The molecule has 0 bridgehead atoms. The van der Waals surface area contributed by atoms with Gasteiger partial charge in [-0.2, -0.15) is 0 Å². The van der Waals surface area contributed by atoms with Crippen molar-refractivity contribution in [1.82, 2.24) is 0 Å². The molecule has 0 amide bonds. The van der Waals surface area contributed by atoms with Gasteiger partial charge in [-0.15, -0.1) is 0 Å². The Morgan fingerprint density at radius 1 is 1.70 bits per heavy atom. The number of hydrogen-bond donors (Lipinski definition) is 0. The van der Waals surface area contributed by atoms with Gasteiger partial charge in [0.05, 0.1) is 0 Å². The Labute approximate surface area is 78.1 Å². The van der Waals surface area contributed by atoms with Crippen LogP contribution in [0.2, 0.25) is 0 Å². The number of halogens is 1. The molecule has 10 heavy (non-hydrogen) atoms. The molecule has 0 saturated heterocycles. The fourth-order valence-corrected chi connectivity index (χ4v) is 2.99. The third-order valence-electron chi connectivity index (χ3n) is 1.98. The SMILES string of the molecule is C=C1CCCC([CH]=[W])C1Cl.